The van der Waals surface area contributed by atoms with Gasteiger partial charge in [-0.1, -0.05) is 12.1 Å². The van der Waals surface area contributed by atoms with Gasteiger partial charge in [0.2, 0.25) is 5.91 Å². The van der Waals surface area contributed by atoms with Crippen LogP contribution in [0, 0.1) is 16.0 Å². The van der Waals surface area contributed by atoms with Crippen molar-refractivity contribution in [3.63, 3.8) is 0 Å². The number of amides is 1. The first-order chi connectivity index (χ1) is 13.5. The molecule has 0 unspecified atom stereocenters. The summed E-state index contributed by atoms with van der Waals surface area (Å²) in [5.74, 6) is 0.206. The van der Waals surface area contributed by atoms with Crippen LogP contribution >= 0.6 is 0 Å². The second-order valence-electron chi connectivity index (χ2n) is 6.77. The van der Waals surface area contributed by atoms with Crippen molar-refractivity contribution >= 4 is 22.6 Å². The fourth-order valence-corrected chi connectivity index (χ4v) is 3.01. The fraction of sp³-hybridized carbons (Fsp3) is 0.333. The van der Waals surface area contributed by atoms with Gasteiger partial charge in [-0.2, -0.15) is 5.10 Å². The Morgan fingerprint density at radius 1 is 1.36 bits per heavy atom. The van der Waals surface area contributed by atoms with Gasteiger partial charge in [0.1, 0.15) is 11.7 Å². The lowest BCUT2D eigenvalue weighted by molar-refractivity contribution is -0.384. The molecule has 0 aliphatic heterocycles. The van der Waals surface area contributed by atoms with E-state index in [0.717, 1.165) is 12.8 Å². The number of nitrogens with one attached hydrogen (secondary N) is 1. The van der Waals surface area contributed by atoms with Crippen molar-refractivity contribution in [1.29, 1.82) is 0 Å². The first kappa shape index (κ1) is 17.8. The van der Waals surface area contributed by atoms with Crippen molar-refractivity contribution in [3.8, 4) is 0 Å². The molecular formula is C18H18N6O4. The summed E-state index contributed by atoms with van der Waals surface area (Å²) in [5.41, 5.74) is 0.777. The van der Waals surface area contributed by atoms with E-state index in [9.17, 15) is 19.7 Å². The molecule has 1 fully saturated rings. The maximum Gasteiger partial charge on any atom is 0.269 e. The molecule has 1 saturated carbocycles. The maximum absolute atomic E-state index is 12.7. The van der Waals surface area contributed by atoms with Gasteiger partial charge in [-0.3, -0.25) is 24.3 Å². The van der Waals surface area contributed by atoms with Gasteiger partial charge in [-0.25, -0.2) is 9.67 Å². The highest BCUT2D eigenvalue weighted by molar-refractivity contribution is 5.80. The number of hydrogen-bond donors (Lipinski definition) is 1. The minimum atomic E-state index is -0.472. The number of hydrogen-bond acceptors (Lipinski definition) is 6. The molecule has 10 heteroatoms. The van der Waals surface area contributed by atoms with Crippen LogP contribution in [0.3, 0.4) is 0 Å². The van der Waals surface area contributed by atoms with Gasteiger partial charge >= 0.3 is 0 Å². The Morgan fingerprint density at radius 2 is 2.18 bits per heavy atom. The average molecular weight is 382 g/mol. The molecule has 2 heterocycles. The van der Waals surface area contributed by atoms with Gasteiger partial charge in [-0.05, 0) is 18.4 Å². The predicted molar refractivity (Wildman–Crippen MR) is 99.7 cm³/mol. The zero-order valence-electron chi connectivity index (χ0n) is 14.9. The van der Waals surface area contributed by atoms with Crippen molar-refractivity contribution < 1.29 is 9.72 Å². The van der Waals surface area contributed by atoms with Crippen molar-refractivity contribution in [2.75, 3.05) is 6.54 Å². The van der Waals surface area contributed by atoms with Crippen LogP contribution in [0.15, 0.2) is 41.6 Å². The molecule has 2 aromatic heterocycles. The van der Waals surface area contributed by atoms with Crippen LogP contribution in [0.1, 0.15) is 18.4 Å². The Kier molecular flexibility index (Phi) is 4.60. The molecule has 1 N–H and O–H groups in total. The van der Waals surface area contributed by atoms with Crippen LogP contribution in [-0.4, -0.2) is 36.7 Å². The lowest BCUT2D eigenvalue weighted by atomic mass is 10.2. The summed E-state index contributed by atoms with van der Waals surface area (Å²) in [6.07, 6.45) is 4.76. The van der Waals surface area contributed by atoms with Gasteiger partial charge in [0.15, 0.2) is 5.65 Å². The topological polar surface area (TPSA) is 125 Å². The zero-order chi connectivity index (χ0) is 19.7. The lowest BCUT2D eigenvalue weighted by Gasteiger charge is -2.07. The first-order valence-corrected chi connectivity index (χ1v) is 8.95. The number of carbonyl (C=O) groups excluding carboxylic acids is 1. The third-order valence-electron chi connectivity index (χ3n) is 4.67. The number of non-ortho nitro benzene ring substituents is 1. The molecule has 0 radical (unpaired) electrons. The molecule has 3 aromatic rings. The average Bonchev–Trinajstić information content (AvgIpc) is 3.46. The van der Waals surface area contributed by atoms with Gasteiger partial charge in [-0.15, -0.1) is 0 Å². The maximum atomic E-state index is 12.7. The van der Waals surface area contributed by atoms with Crippen LogP contribution in [0.25, 0.3) is 11.0 Å². The minimum absolute atomic E-state index is 0.0272. The van der Waals surface area contributed by atoms with E-state index in [1.54, 1.807) is 16.8 Å². The highest BCUT2D eigenvalue weighted by Crippen LogP contribution is 2.28. The van der Waals surface area contributed by atoms with Gasteiger partial charge in [0, 0.05) is 24.6 Å². The summed E-state index contributed by atoms with van der Waals surface area (Å²) in [5, 5.41) is 18.3. The van der Waals surface area contributed by atoms with E-state index in [0.29, 0.717) is 29.7 Å². The van der Waals surface area contributed by atoms with E-state index < -0.39 is 4.92 Å². The Balaban J connectivity index is 1.51. The van der Waals surface area contributed by atoms with Crippen LogP contribution in [0.2, 0.25) is 0 Å². The zero-order valence-corrected chi connectivity index (χ0v) is 14.9. The summed E-state index contributed by atoms with van der Waals surface area (Å²) in [4.78, 5) is 39.1. The number of carbonyl (C=O) groups is 1. The van der Waals surface area contributed by atoms with Crippen molar-refractivity contribution in [1.82, 2.24) is 24.6 Å². The number of rotatable bonds is 7. The van der Waals surface area contributed by atoms with E-state index in [1.807, 2.05) is 0 Å². The third kappa shape index (κ3) is 3.61. The molecule has 1 aliphatic rings. The third-order valence-corrected chi connectivity index (χ3v) is 4.67. The highest BCUT2D eigenvalue weighted by atomic mass is 16.6. The summed E-state index contributed by atoms with van der Waals surface area (Å²) in [6, 6.07) is 6.14. The molecule has 0 spiro atoms. The monoisotopic (exact) mass is 382 g/mol. The summed E-state index contributed by atoms with van der Waals surface area (Å²) in [6.45, 7) is 1.01. The second-order valence-corrected chi connectivity index (χ2v) is 6.77. The van der Waals surface area contributed by atoms with Gasteiger partial charge in [0.25, 0.3) is 11.2 Å². The summed E-state index contributed by atoms with van der Waals surface area (Å²) in [7, 11) is 0. The molecule has 1 aromatic carbocycles. The predicted octanol–water partition coefficient (Wildman–Crippen LogP) is 1.08. The molecular weight excluding hydrogens is 364 g/mol. The summed E-state index contributed by atoms with van der Waals surface area (Å²) >= 11 is 0. The molecule has 1 amide bonds. The Labute approximate surface area is 159 Å². The first-order valence-electron chi connectivity index (χ1n) is 8.95. The minimum Gasteiger partial charge on any atom is -0.354 e. The van der Waals surface area contributed by atoms with E-state index in [-0.39, 0.29) is 29.6 Å². The number of fused-ring (bicyclic) bond motifs is 1. The Bertz CT molecular complexity index is 1110. The van der Waals surface area contributed by atoms with Crippen molar-refractivity contribution in [3.05, 3.63) is 62.8 Å². The van der Waals surface area contributed by atoms with Gasteiger partial charge < -0.3 is 5.32 Å². The normalized spacial score (nSPS) is 13.6. The molecule has 28 heavy (non-hydrogen) atoms. The van der Waals surface area contributed by atoms with E-state index >= 15 is 0 Å². The Morgan fingerprint density at radius 3 is 2.93 bits per heavy atom. The molecule has 0 saturated heterocycles. The summed E-state index contributed by atoms with van der Waals surface area (Å²) < 4.78 is 2.98. The number of nitro benzene ring substituents is 1. The highest BCUT2D eigenvalue weighted by Gasteiger charge is 2.29. The largest absolute Gasteiger partial charge is 0.354 e. The fourth-order valence-electron chi connectivity index (χ4n) is 3.01. The van der Waals surface area contributed by atoms with Crippen LogP contribution in [-0.2, 0) is 17.9 Å². The number of nitro groups is 1. The molecule has 10 nitrogen and oxygen atoms in total. The smallest absolute Gasteiger partial charge is 0.269 e. The van der Waals surface area contributed by atoms with E-state index in [2.05, 4.69) is 15.4 Å². The van der Waals surface area contributed by atoms with Crippen LogP contribution in [0.5, 0.6) is 0 Å². The number of aromatic nitrogens is 4. The van der Waals surface area contributed by atoms with Crippen molar-refractivity contribution in [2.45, 2.75) is 25.9 Å². The van der Waals surface area contributed by atoms with E-state index in [1.165, 1.54) is 29.2 Å². The second kappa shape index (κ2) is 7.22. The quantitative estimate of drug-likeness (QED) is 0.481. The molecule has 0 atom stereocenters. The lowest BCUT2D eigenvalue weighted by Crippen LogP contribution is -2.28. The van der Waals surface area contributed by atoms with Gasteiger partial charge in [0.05, 0.1) is 24.2 Å². The molecule has 144 valence electrons. The van der Waals surface area contributed by atoms with E-state index in [4.69, 9.17) is 0 Å². The SMILES string of the molecule is O=C(NCCn1ncc2c(=O)n(Cc3cccc([N+](=O)[O-])c3)cnc21)C1CC1. The molecule has 0 bridgehead atoms. The molecule has 1 aliphatic carbocycles. The molecule has 4 rings (SSSR count). The van der Waals surface area contributed by atoms with Crippen LogP contribution < -0.4 is 10.9 Å². The number of nitrogens with zero attached hydrogens (tertiary/aromatic N) is 5. The van der Waals surface area contributed by atoms with Crippen molar-refractivity contribution in [2.24, 2.45) is 5.92 Å². The van der Waals surface area contributed by atoms with Crippen LogP contribution in [0.4, 0.5) is 5.69 Å². The standard InChI is InChI=1S/C18H18N6O4/c25-17(13-4-5-13)19-6-7-23-16-15(9-21-23)18(26)22(11-20-16)10-12-2-1-3-14(8-12)24(27)28/h1-3,8-9,11,13H,4-7,10H2,(H,19,25). The Hall–Kier alpha value is -3.56. The number of benzene rings is 1.